The summed E-state index contributed by atoms with van der Waals surface area (Å²) < 4.78 is 4.95. The van der Waals surface area contributed by atoms with Gasteiger partial charge in [-0.05, 0) is 40.2 Å². The molecule has 1 atom stereocenters. The summed E-state index contributed by atoms with van der Waals surface area (Å²) in [6.07, 6.45) is 0.106. The first-order valence-corrected chi connectivity index (χ1v) is 5.18. The molecule has 102 valence electrons. The molecular weight excluding hydrogens is 248 g/mol. The molecule has 0 rings (SSSR count). The Morgan fingerprint density at radius 3 is 2.29 bits per heavy atom. The lowest BCUT2D eigenvalue weighted by atomic mass is 10.1. The molecule has 0 fully saturated rings. The third-order valence-corrected chi connectivity index (χ3v) is 1.69. The number of hydrogen-bond donors (Lipinski definition) is 3. The molecule has 0 aromatic carbocycles. The van der Waals surface area contributed by atoms with Gasteiger partial charge in [0.1, 0.15) is 11.6 Å². The summed E-state index contributed by atoms with van der Waals surface area (Å²) in [4.78, 5) is 22.1. The van der Waals surface area contributed by atoms with E-state index < -0.39 is 23.7 Å². The first kappa shape index (κ1) is 18.4. The van der Waals surface area contributed by atoms with Crippen LogP contribution in [0.5, 0.6) is 0 Å². The first-order chi connectivity index (χ1) is 7.26. The normalized spacial score (nSPS) is 12.2. The van der Waals surface area contributed by atoms with Crippen LogP contribution in [0.2, 0.25) is 0 Å². The number of rotatable bonds is 5. The number of hydrogen-bond acceptors (Lipinski definition) is 4. The largest absolute Gasteiger partial charge is 0.480 e. The highest BCUT2D eigenvalue weighted by atomic mass is 35.5. The summed E-state index contributed by atoms with van der Waals surface area (Å²) >= 11 is 0. The Kier molecular flexibility index (Phi) is 8.79. The summed E-state index contributed by atoms with van der Waals surface area (Å²) in [5, 5.41) is 11.1. The van der Waals surface area contributed by atoms with Gasteiger partial charge in [0.25, 0.3) is 0 Å². The summed E-state index contributed by atoms with van der Waals surface area (Å²) in [7, 11) is 0. The summed E-state index contributed by atoms with van der Waals surface area (Å²) in [6, 6.07) is -0.946. The van der Waals surface area contributed by atoms with Crippen molar-refractivity contribution in [3.63, 3.8) is 0 Å². The molecule has 1 unspecified atom stereocenters. The Labute approximate surface area is 107 Å². The van der Waals surface area contributed by atoms with E-state index in [1.165, 1.54) is 0 Å². The van der Waals surface area contributed by atoms with E-state index >= 15 is 0 Å². The molecule has 0 aromatic rings. The van der Waals surface area contributed by atoms with Crippen molar-refractivity contribution in [2.45, 2.75) is 45.3 Å². The maximum Gasteiger partial charge on any atom is 0.408 e. The molecule has 0 heterocycles. The molecular formula is C10H21ClN2O4. The van der Waals surface area contributed by atoms with Crippen molar-refractivity contribution in [3.8, 4) is 0 Å². The minimum Gasteiger partial charge on any atom is -0.480 e. The number of ether oxygens (including phenoxy) is 1. The van der Waals surface area contributed by atoms with Crippen LogP contribution in [0.25, 0.3) is 0 Å². The van der Waals surface area contributed by atoms with E-state index in [4.69, 9.17) is 15.6 Å². The van der Waals surface area contributed by atoms with Crippen molar-refractivity contribution in [2.24, 2.45) is 5.73 Å². The molecule has 7 heteroatoms. The van der Waals surface area contributed by atoms with Gasteiger partial charge in [0.15, 0.2) is 0 Å². The fourth-order valence-electron chi connectivity index (χ4n) is 1.03. The zero-order valence-corrected chi connectivity index (χ0v) is 11.2. The third kappa shape index (κ3) is 9.89. The average molecular weight is 269 g/mol. The molecule has 0 radical (unpaired) electrons. The molecule has 1 amide bonds. The lowest BCUT2D eigenvalue weighted by Gasteiger charge is -2.21. The Morgan fingerprint density at radius 2 is 1.94 bits per heavy atom. The van der Waals surface area contributed by atoms with Gasteiger partial charge in [-0.3, -0.25) is 0 Å². The molecule has 0 saturated heterocycles. The van der Waals surface area contributed by atoms with Crippen LogP contribution in [0, 0.1) is 0 Å². The summed E-state index contributed by atoms with van der Waals surface area (Å²) in [6.45, 7) is 5.52. The molecule has 0 aliphatic carbocycles. The van der Waals surface area contributed by atoms with Crippen molar-refractivity contribution >= 4 is 24.5 Å². The second-order valence-electron chi connectivity index (χ2n) is 4.47. The van der Waals surface area contributed by atoms with Gasteiger partial charge in [-0.2, -0.15) is 0 Å². The molecule has 4 N–H and O–H groups in total. The van der Waals surface area contributed by atoms with Gasteiger partial charge in [-0.1, -0.05) is 0 Å². The molecule has 0 aliphatic rings. The van der Waals surface area contributed by atoms with Crippen molar-refractivity contribution in [1.82, 2.24) is 5.32 Å². The molecule has 0 aliphatic heterocycles. The van der Waals surface area contributed by atoms with Crippen LogP contribution in [0.15, 0.2) is 0 Å². The smallest absolute Gasteiger partial charge is 0.408 e. The number of halogens is 1. The predicted molar refractivity (Wildman–Crippen MR) is 66.3 cm³/mol. The van der Waals surface area contributed by atoms with E-state index in [9.17, 15) is 9.59 Å². The highest BCUT2D eigenvalue weighted by molar-refractivity contribution is 5.85. The topological polar surface area (TPSA) is 102 Å². The minimum atomic E-state index is -1.08. The third-order valence-electron chi connectivity index (χ3n) is 1.69. The van der Waals surface area contributed by atoms with E-state index in [0.29, 0.717) is 19.4 Å². The van der Waals surface area contributed by atoms with E-state index in [1.54, 1.807) is 20.8 Å². The Balaban J connectivity index is 0. The van der Waals surface area contributed by atoms with Gasteiger partial charge in [-0.25, -0.2) is 9.59 Å². The Hall–Kier alpha value is -1.01. The molecule has 0 bridgehead atoms. The maximum absolute atomic E-state index is 11.3. The standard InChI is InChI=1S/C10H20N2O4.ClH/c1-10(2,3)16-9(15)12-7(8(13)14)5-4-6-11;/h7H,4-6,11H2,1-3H3,(H,12,15)(H,13,14);1H. The minimum absolute atomic E-state index is 0. The van der Waals surface area contributed by atoms with Crippen LogP contribution in [-0.4, -0.2) is 35.4 Å². The van der Waals surface area contributed by atoms with Gasteiger partial charge in [0.2, 0.25) is 0 Å². The summed E-state index contributed by atoms with van der Waals surface area (Å²) in [5.41, 5.74) is 4.63. The highest BCUT2D eigenvalue weighted by Crippen LogP contribution is 2.07. The van der Waals surface area contributed by atoms with Gasteiger partial charge in [-0.15, -0.1) is 12.4 Å². The monoisotopic (exact) mass is 268 g/mol. The maximum atomic E-state index is 11.3. The van der Waals surface area contributed by atoms with Crippen molar-refractivity contribution < 1.29 is 19.4 Å². The molecule has 0 aromatic heterocycles. The van der Waals surface area contributed by atoms with Crippen LogP contribution < -0.4 is 11.1 Å². The quantitative estimate of drug-likeness (QED) is 0.694. The fourth-order valence-corrected chi connectivity index (χ4v) is 1.03. The zero-order chi connectivity index (χ0) is 12.8. The van der Waals surface area contributed by atoms with Crippen molar-refractivity contribution in [2.75, 3.05) is 6.54 Å². The van der Waals surface area contributed by atoms with Crippen LogP contribution in [0.4, 0.5) is 4.79 Å². The van der Waals surface area contributed by atoms with Gasteiger partial charge in [0, 0.05) is 0 Å². The van der Waals surface area contributed by atoms with E-state index in [-0.39, 0.29) is 12.4 Å². The average Bonchev–Trinajstić information content (AvgIpc) is 2.08. The molecule has 0 saturated carbocycles. The summed E-state index contributed by atoms with van der Waals surface area (Å²) in [5.74, 6) is -1.08. The highest BCUT2D eigenvalue weighted by Gasteiger charge is 2.23. The molecule has 0 spiro atoms. The van der Waals surface area contributed by atoms with Crippen LogP contribution >= 0.6 is 12.4 Å². The second kappa shape index (κ2) is 8.14. The molecule has 6 nitrogen and oxygen atoms in total. The van der Waals surface area contributed by atoms with Gasteiger partial charge >= 0.3 is 12.1 Å². The van der Waals surface area contributed by atoms with E-state index in [0.717, 1.165) is 0 Å². The van der Waals surface area contributed by atoms with Crippen molar-refractivity contribution in [3.05, 3.63) is 0 Å². The Bertz CT molecular complexity index is 253. The zero-order valence-electron chi connectivity index (χ0n) is 10.4. The number of amides is 1. The van der Waals surface area contributed by atoms with Crippen molar-refractivity contribution in [1.29, 1.82) is 0 Å². The number of aliphatic carboxylic acids is 1. The number of alkyl carbamates (subject to hydrolysis) is 1. The van der Waals surface area contributed by atoms with E-state index in [1.807, 2.05) is 0 Å². The lowest BCUT2D eigenvalue weighted by molar-refractivity contribution is -0.139. The van der Waals surface area contributed by atoms with E-state index in [2.05, 4.69) is 5.32 Å². The fraction of sp³-hybridized carbons (Fsp3) is 0.800. The van der Waals surface area contributed by atoms with Gasteiger partial charge < -0.3 is 20.9 Å². The SMILES string of the molecule is CC(C)(C)OC(=O)NC(CCCN)C(=O)O.Cl. The van der Waals surface area contributed by atoms with Crippen LogP contribution in [0.3, 0.4) is 0 Å². The number of carbonyl (C=O) groups excluding carboxylic acids is 1. The lowest BCUT2D eigenvalue weighted by Crippen LogP contribution is -2.43. The Morgan fingerprint density at radius 1 is 1.41 bits per heavy atom. The van der Waals surface area contributed by atoms with Crippen LogP contribution in [0.1, 0.15) is 33.6 Å². The number of carbonyl (C=O) groups is 2. The van der Waals surface area contributed by atoms with Gasteiger partial charge in [0.05, 0.1) is 0 Å². The number of carboxylic acids is 1. The number of nitrogens with two attached hydrogens (primary N) is 1. The predicted octanol–water partition coefficient (Wildman–Crippen LogP) is 1.12. The molecule has 17 heavy (non-hydrogen) atoms. The second-order valence-corrected chi connectivity index (χ2v) is 4.47. The number of nitrogens with one attached hydrogen (secondary N) is 1. The number of carboxylic acid groups (broad SMARTS) is 1. The van der Waals surface area contributed by atoms with Crippen LogP contribution in [-0.2, 0) is 9.53 Å². The first-order valence-electron chi connectivity index (χ1n) is 5.18.